The van der Waals surface area contributed by atoms with E-state index in [1.54, 1.807) is 0 Å². The molecule has 12 aromatic rings. The third kappa shape index (κ3) is 4.67. The molecule has 66 heavy (non-hydrogen) atoms. The molecule has 0 saturated heterocycles. The first-order valence-corrected chi connectivity index (χ1v) is 21.9. The van der Waals surface area contributed by atoms with Gasteiger partial charge in [0, 0.05) is 11.1 Å². The van der Waals surface area contributed by atoms with Gasteiger partial charge in [-0.2, -0.15) is 21.0 Å². The van der Waals surface area contributed by atoms with E-state index in [0.29, 0.717) is 22.3 Å². The molecule has 0 fully saturated rings. The maximum atomic E-state index is 10.9. The van der Waals surface area contributed by atoms with Crippen molar-refractivity contribution in [2.45, 2.75) is 0 Å². The van der Waals surface area contributed by atoms with Crippen molar-refractivity contribution in [2.75, 3.05) is 0 Å². The highest BCUT2D eigenvalue weighted by Crippen LogP contribution is 2.55. The van der Waals surface area contributed by atoms with Crippen molar-refractivity contribution in [1.82, 2.24) is 0 Å². The van der Waals surface area contributed by atoms with E-state index in [0.717, 1.165) is 98.4 Å². The molecule has 0 N–H and O–H groups in total. The predicted molar refractivity (Wildman–Crippen MR) is 268 cm³/mol. The standard InChI is InChI=1S/C62H28N4/c63-29-33-13-19-41-37(21-33)15-17-39(31-65)61(41)57-28-54-52-24-48-44-10-2-6-36-8-4-12-46(60(36)44)50(48)26-56(52)58(62-40(32-66)18-16-38-22-34(30-64)14-20-42(38)62)27-53(54)51-23-47-43-9-1-5-35-7-3-11-45(59(35)43)49(47)25-55(51)57/h1-28H. The summed E-state index contributed by atoms with van der Waals surface area (Å²) in [5.41, 5.74) is 15.0. The van der Waals surface area contributed by atoms with Gasteiger partial charge >= 0.3 is 0 Å². The number of hydrogen-bond donors (Lipinski definition) is 0. The second-order valence-corrected chi connectivity index (χ2v) is 17.5. The van der Waals surface area contributed by atoms with Crippen LogP contribution >= 0.6 is 0 Å². The molecule has 0 bridgehead atoms. The second kappa shape index (κ2) is 13.0. The van der Waals surface area contributed by atoms with Crippen molar-refractivity contribution in [1.29, 1.82) is 21.0 Å². The summed E-state index contributed by atoms with van der Waals surface area (Å²) >= 11 is 0. The Morgan fingerprint density at radius 2 is 0.591 bits per heavy atom. The lowest BCUT2D eigenvalue weighted by atomic mass is 9.82. The topological polar surface area (TPSA) is 95.2 Å². The fraction of sp³-hybridized carbons (Fsp3) is 0. The fourth-order valence-corrected chi connectivity index (χ4v) is 11.6. The average Bonchev–Trinajstić information content (AvgIpc) is 3.86. The minimum Gasteiger partial charge on any atom is -0.192 e. The lowest BCUT2D eigenvalue weighted by Crippen LogP contribution is -1.95. The predicted octanol–water partition coefficient (Wildman–Crippen LogP) is 15.9. The van der Waals surface area contributed by atoms with Gasteiger partial charge in [0.15, 0.2) is 0 Å². The molecule has 0 saturated carbocycles. The number of fused-ring (bicyclic) bond motifs is 13. The van der Waals surface area contributed by atoms with Crippen LogP contribution in [0.4, 0.5) is 0 Å². The molecule has 12 aromatic carbocycles. The minimum atomic E-state index is 0.550. The van der Waals surface area contributed by atoms with Gasteiger partial charge in [0.05, 0.1) is 46.5 Å². The Morgan fingerprint density at radius 1 is 0.242 bits per heavy atom. The maximum absolute atomic E-state index is 10.9. The molecule has 0 amide bonds. The van der Waals surface area contributed by atoms with E-state index >= 15 is 0 Å². The molecule has 4 nitrogen and oxygen atoms in total. The van der Waals surface area contributed by atoms with Gasteiger partial charge in [-0.15, -0.1) is 0 Å². The van der Waals surface area contributed by atoms with Crippen molar-refractivity contribution in [3.8, 4) is 91.0 Å². The summed E-state index contributed by atoms with van der Waals surface area (Å²) < 4.78 is 0. The molecule has 2 aliphatic carbocycles. The van der Waals surface area contributed by atoms with Crippen LogP contribution in [0, 0.1) is 45.3 Å². The normalized spacial score (nSPS) is 11.9. The number of nitriles is 4. The van der Waals surface area contributed by atoms with Gasteiger partial charge in [0.25, 0.3) is 0 Å². The zero-order chi connectivity index (χ0) is 43.9. The zero-order valence-corrected chi connectivity index (χ0v) is 35.0. The SMILES string of the molecule is N#Cc1ccc2c(-c3cc4c5cc6c(cc5c(-c5c(C#N)ccc7cc(C#N)ccc57)cc4c4cc5c(cc34)-c3cccc4cccc-5c34)-c3cccc4cccc-6c34)c(C#N)ccc2c1. The van der Waals surface area contributed by atoms with Gasteiger partial charge in [-0.05, 0) is 204 Å². The molecule has 0 atom stereocenters. The third-order valence-corrected chi connectivity index (χ3v) is 14.4. The van der Waals surface area contributed by atoms with Crippen molar-refractivity contribution in [3.05, 3.63) is 192 Å². The Bertz CT molecular complexity index is 4210. The number of benzene rings is 12. The van der Waals surface area contributed by atoms with Gasteiger partial charge < -0.3 is 0 Å². The van der Waals surface area contributed by atoms with Crippen LogP contribution in [0.15, 0.2) is 170 Å². The van der Waals surface area contributed by atoms with Gasteiger partial charge in [-0.3, -0.25) is 0 Å². The van der Waals surface area contributed by atoms with Crippen LogP contribution in [0.5, 0.6) is 0 Å². The van der Waals surface area contributed by atoms with E-state index in [1.165, 1.54) is 43.8 Å². The molecule has 0 radical (unpaired) electrons. The fourth-order valence-electron chi connectivity index (χ4n) is 11.6. The second-order valence-electron chi connectivity index (χ2n) is 17.5. The van der Waals surface area contributed by atoms with E-state index < -0.39 is 0 Å². The summed E-state index contributed by atoms with van der Waals surface area (Å²) in [6.07, 6.45) is 0. The molecule has 0 heterocycles. The first kappa shape index (κ1) is 36.0. The molecule has 14 rings (SSSR count). The third-order valence-electron chi connectivity index (χ3n) is 14.4. The largest absolute Gasteiger partial charge is 0.192 e. The van der Waals surface area contributed by atoms with Crippen molar-refractivity contribution in [2.24, 2.45) is 0 Å². The van der Waals surface area contributed by atoms with E-state index in [2.05, 4.69) is 133 Å². The molecular formula is C62H28N4. The molecular weight excluding hydrogens is 801 g/mol. The lowest BCUT2D eigenvalue weighted by Gasteiger charge is -2.20. The first-order valence-electron chi connectivity index (χ1n) is 21.9. The molecule has 0 unspecified atom stereocenters. The van der Waals surface area contributed by atoms with E-state index in [9.17, 15) is 21.0 Å². The maximum Gasteiger partial charge on any atom is 0.0998 e. The van der Waals surface area contributed by atoms with Gasteiger partial charge in [-0.1, -0.05) is 97.1 Å². The Kier molecular flexibility index (Phi) is 7.08. The van der Waals surface area contributed by atoms with Crippen molar-refractivity contribution < 1.29 is 0 Å². The molecule has 296 valence electrons. The van der Waals surface area contributed by atoms with Crippen LogP contribution in [0.1, 0.15) is 22.3 Å². The van der Waals surface area contributed by atoms with Crippen LogP contribution in [-0.4, -0.2) is 0 Å². The quantitative estimate of drug-likeness (QED) is 0.162. The average molecular weight is 829 g/mol. The Morgan fingerprint density at radius 3 is 0.955 bits per heavy atom. The highest BCUT2D eigenvalue weighted by atomic mass is 14.3. The van der Waals surface area contributed by atoms with Crippen LogP contribution < -0.4 is 0 Å². The number of hydrogen-bond acceptors (Lipinski definition) is 4. The summed E-state index contributed by atoms with van der Waals surface area (Å²) in [6, 6.07) is 68.8. The molecule has 4 heteroatoms. The summed E-state index contributed by atoms with van der Waals surface area (Å²) in [6.45, 7) is 0. The van der Waals surface area contributed by atoms with Gasteiger partial charge in [-0.25, -0.2) is 0 Å². The highest BCUT2D eigenvalue weighted by Gasteiger charge is 2.28. The van der Waals surface area contributed by atoms with E-state index in [4.69, 9.17) is 0 Å². The summed E-state index contributed by atoms with van der Waals surface area (Å²) in [7, 11) is 0. The van der Waals surface area contributed by atoms with Gasteiger partial charge in [0.1, 0.15) is 0 Å². The molecule has 0 spiro atoms. The minimum absolute atomic E-state index is 0.550. The van der Waals surface area contributed by atoms with Crippen molar-refractivity contribution in [3.63, 3.8) is 0 Å². The van der Waals surface area contributed by atoms with Crippen molar-refractivity contribution >= 4 is 75.4 Å². The lowest BCUT2D eigenvalue weighted by molar-refractivity contribution is 1.48. The molecule has 0 aliphatic heterocycles. The Labute approximate surface area is 377 Å². The number of rotatable bonds is 2. The summed E-state index contributed by atoms with van der Waals surface area (Å²) in [5.74, 6) is 0. The molecule has 0 aromatic heterocycles. The zero-order valence-electron chi connectivity index (χ0n) is 35.0. The van der Waals surface area contributed by atoms with Crippen LogP contribution in [0.2, 0.25) is 0 Å². The smallest absolute Gasteiger partial charge is 0.0998 e. The summed E-state index contributed by atoms with van der Waals surface area (Å²) in [5, 5.41) is 56.2. The summed E-state index contributed by atoms with van der Waals surface area (Å²) in [4.78, 5) is 0. The monoisotopic (exact) mass is 828 g/mol. The van der Waals surface area contributed by atoms with Crippen LogP contribution in [0.25, 0.3) is 142 Å². The highest BCUT2D eigenvalue weighted by molar-refractivity contribution is 6.30. The molecule has 2 aliphatic rings. The van der Waals surface area contributed by atoms with E-state index in [-0.39, 0.29) is 0 Å². The van der Waals surface area contributed by atoms with Crippen LogP contribution in [0.3, 0.4) is 0 Å². The Balaban J connectivity index is 1.22. The number of nitrogens with zero attached hydrogens (tertiary/aromatic N) is 4. The van der Waals surface area contributed by atoms with Gasteiger partial charge in [0.2, 0.25) is 0 Å². The van der Waals surface area contributed by atoms with Crippen LogP contribution in [-0.2, 0) is 0 Å². The van der Waals surface area contributed by atoms with E-state index in [1.807, 2.05) is 60.7 Å². The Hall–Kier alpha value is -9.58. The first-order chi connectivity index (χ1) is 32.5.